The van der Waals surface area contributed by atoms with Crippen LogP contribution in [0.3, 0.4) is 0 Å². The maximum absolute atomic E-state index is 6.87. The number of nitrogens with zero attached hydrogens (tertiary/aromatic N) is 1. The van der Waals surface area contributed by atoms with Gasteiger partial charge in [0.15, 0.2) is 0 Å². The molecule has 268 valence electrons. The van der Waals surface area contributed by atoms with E-state index in [4.69, 9.17) is 4.42 Å². The Hall–Kier alpha value is -7.20. The topological polar surface area (TPSA) is 16.4 Å². The molecule has 2 nitrogen and oxygen atoms in total. The molecule has 0 fully saturated rings. The fourth-order valence-corrected chi connectivity index (χ4v) is 9.59. The van der Waals surface area contributed by atoms with Crippen LogP contribution in [0.2, 0.25) is 0 Å². The molecule has 0 unspecified atom stereocenters. The van der Waals surface area contributed by atoms with Crippen molar-refractivity contribution in [3.63, 3.8) is 0 Å². The molecule has 0 amide bonds. The van der Waals surface area contributed by atoms with E-state index in [0.717, 1.165) is 61.3 Å². The fraction of sp³-hybridized carbons (Fsp3) is 0. The third-order valence-corrected chi connectivity index (χ3v) is 12.2. The summed E-state index contributed by atoms with van der Waals surface area (Å²) in [5.41, 5.74) is 14.3. The molecule has 0 aliphatic carbocycles. The molecule has 0 N–H and O–H groups in total. The van der Waals surface area contributed by atoms with Crippen molar-refractivity contribution >= 4 is 70.5 Å². The molecule has 57 heavy (non-hydrogen) atoms. The molecule has 0 aliphatic rings. The Bertz CT molecular complexity index is 3220. The first-order valence-electron chi connectivity index (χ1n) is 19.3. The Morgan fingerprint density at radius 1 is 0.333 bits per heavy atom. The molecule has 2 heterocycles. The van der Waals surface area contributed by atoms with Crippen molar-refractivity contribution in [2.45, 2.75) is 0 Å². The zero-order chi connectivity index (χ0) is 37.7. The minimum absolute atomic E-state index is 0.868. The standard InChI is InChI=1S/C54H35NOS/c1-5-16-36(17-6-1)40-29-32-46(45(34-40)39-22-11-4-12-23-39)55(47-25-15-27-50-52(47)44-30-28-41(35-51(44)57-50)37-18-7-2-8-19-37)48-33-31-42(38-20-9-3-10-21-38)54-53(48)43-24-13-14-26-49(43)56-54/h1-35H. The summed E-state index contributed by atoms with van der Waals surface area (Å²) in [7, 11) is 0. The average molecular weight is 746 g/mol. The van der Waals surface area contributed by atoms with Crippen molar-refractivity contribution < 1.29 is 4.42 Å². The van der Waals surface area contributed by atoms with Crippen LogP contribution in [-0.2, 0) is 0 Å². The van der Waals surface area contributed by atoms with Gasteiger partial charge >= 0.3 is 0 Å². The van der Waals surface area contributed by atoms with Crippen molar-refractivity contribution in [2.24, 2.45) is 0 Å². The summed E-state index contributed by atoms with van der Waals surface area (Å²) in [5.74, 6) is 0. The predicted octanol–water partition coefficient (Wildman–Crippen LogP) is 16.1. The maximum atomic E-state index is 6.87. The molecule has 0 saturated heterocycles. The van der Waals surface area contributed by atoms with Crippen LogP contribution in [-0.4, -0.2) is 0 Å². The van der Waals surface area contributed by atoms with Crippen LogP contribution in [0.15, 0.2) is 217 Å². The number of hydrogen-bond donors (Lipinski definition) is 0. The minimum Gasteiger partial charge on any atom is -0.455 e. The van der Waals surface area contributed by atoms with Gasteiger partial charge < -0.3 is 9.32 Å². The highest BCUT2D eigenvalue weighted by Crippen LogP contribution is 2.52. The normalized spacial score (nSPS) is 11.5. The average Bonchev–Trinajstić information content (AvgIpc) is 3.87. The first-order chi connectivity index (χ1) is 28.3. The van der Waals surface area contributed by atoms with E-state index < -0.39 is 0 Å². The number of para-hydroxylation sites is 1. The maximum Gasteiger partial charge on any atom is 0.145 e. The second-order valence-electron chi connectivity index (χ2n) is 14.4. The number of furan rings is 1. The zero-order valence-electron chi connectivity index (χ0n) is 31.0. The van der Waals surface area contributed by atoms with E-state index in [1.807, 2.05) is 11.3 Å². The molecule has 2 aromatic heterocycles. The Morgan fingerprint density at radius 2 is 0.895 bits per heavy atom. The summed E-state index contributed by atoms with van der Waals surface area (Å²) < 4.78 is 9.37. The lowest BCUT2D eigenvalue weighted by Crippen LogP contribution is -2.12. The highest BCUT2D eigenvalue weighted by Gasteiger charge is 2.26. The lowest BCUT2D eigenvalue weighted by atomic mass is 9.95. The van der Waals surface area contributed by atoms with Gasteiger partial charge in [0.25, 0.3) is 0 Å². The first kappa shape index (κ1) is 33.2. The number of benzene rings is 9. The van der Waals surface area contributed by atoms with E-state index in [0.29, 0.717) is 0 Å². The minimum atomic E-state index is 0.868. The second-order valence-corrected chi connectivity index (χ2v) is 15.5. The summed E-state index contributed by atoms with van der Waals surface area (Å²) in [6.07, 6.45) is 0. The second kappa shape index (κ2) is 13.8. The van der Waals surface area contributed by atoms with E-state index in [-0.39, 0.29) is 0 Å². The van der Waals surface area contributed by atoms with Gasteiger partial charge in [-0.05, 0) is 81.9 Å². The molecule has 0 saturated carbocycles. The molecular formula is C54H35NOS. The van der Waals surface area contributed by atoms with Crippen molar-refractivity contribution in [1.82, 2.24) is 0 Å². The smallest absolute Gasteiger partial charge is 0.145 e. The lowest BCUT2D eigenvalue weighted by molar-refractivity contribution is 0.670. The molecule has 0 atom stereocenters. The van der Waals surface area contributed by atoms with Crippen LogP contribution in [0.25, 0.3) is 86.6 Å². The van der Waals surface area contributed by atoms with Gasteiger partial charge in [0.1, 0.15) is 11.2 Å². The number of anilines is 3. The molecular weight excluding hydrogens is 711 g/mol. The van der Waals surface area contributed by atoms with Gasteiger partial charge in [-0.25, -0.2) is 0 Å². The van der Waals surface area contributed by atoms with E-state index >= 15 is 0 Å². The molecule has 3 heteroatoms. The number of thiophene rings is 1. The molecule has 0 spiro atoms. The molecule has 0 radical (unpaired) electrons. The van der Waals surface area contributed by atoms with Crippen LogP contribution < -0.4 is 4.90 Å². The Kier molecular flexibility index (Phi) is 8.04. The highest BCUT2D eigenvalue weighted by molar-refractivity contribution is 7.26. The first-order valence-corrected chi connectivity index (χ1v) is 20.2. The summed E-state index contributed by atoms with van der Waals surface area (Å²) in [4.78, 5) is 2.50. The largest absolute Gasteiger partial charge is 0.455 e. The third-order valence-electron chi connectivity index (χ3n) is 11.1. The predicted molar refractivity (Wildman–Crippen MR) is 243 cm³/mol. The van der Waals surface area contributed by atoms with E-state index in [1.165, 1.54) is 42.4 Å². The van der Waals surface area contributed by atoms with Crippen molar-refractivity contribution in [2.75, 3.05) is 4.90 Å². The van der Waals surface area contributed by atoms with Gasteiger partial charge in [0.2, 0.25) is 0 Å². The van der Waals surface area contributed by atoms with Crippen LogP contribution in [0.4, 0.5) is 17.1 Å². The Labute approximate surface area is 335 Å². The van der Waals surface area contributed by atoms with Crippen molar-refractivity contribution in [1.29, 1.82) is 0 Å². The zero-order valence-corrected chi connectivity index (χ0v) is 31.8. The number of hydrogen-bond acceptors (Lipinski definition) is 3. The molecule has 0 aliphatic heterocycles. The van der Waals surface area contributed by atoms with Crippen LogP contribution in [0, 0.1) is 0 Å². The molecule has 0 bridgehead atoms. The molecule has 11 rings (SSSR count). The molecule has 9 aromatic carbocycles. The Balaban J connectivity index is 1.24. The van der Waals surface area contributed by atoms with Crippen molar-refractivity contribution in [3.8, 4) is 44.5 Å². The summed E-state index contributed by atoms with van der Waals surface area (Å²) in [6, 6.07) is 76.3. The quantitative estimate of drug-likeness (QED) is 0.162. The van der Waals surface area contributed by atoms with E-state index in [2.05, 4.69) is 217 Å². The molecule has 11 aromatic rings. The highest BCUT2D eigenvalue weighted by atomic mass is 32.1. The van der Waals surface area contributed by atoms with E-state index in [9.17, 15) is 0 Å². The van der Waals surface area contributed by atoms with Gasteiger partial charge in [-0.15, -0.1) is 11.3 Å². The summed E-state index contributed by atoms with van der Waals surface area (Å²) in [6.45, 7) is 0. The van der Waals surface area contributed by atoms with Crippen molar-refractivity contribution in [3.05, 3.63) is 212 Å². The van der Waals surface area contributed by atoms with Gasteiger partial charge in [-0.1, -0.05) is 164 Å². The monoisotopic (exact) mass is 745 g/mol. The Morgan fingerprint density at radius 3 is 1.60 bits per heavy atom. The van der Waals surface area contributed by atoms with Crippen LogP contribution >= 0.6 is 11.3 Å². The SMILES string of the molecule is c1ccc(-c2ccc(N(c3cccc4sc5cc(-c6ccccc6)ccc5c34)c3ccc(-c4ccccc4)c4oc5ccccc5c34)c(-c3ccccc3)c2)cc1. The van der Waals surface area contributed by atoms with Gasteiger partial charge in [-0.3, -0.25) is 0 Å². The number of fused-ring (bicyclic) bond motifs is 6. The van der Waals surface area contributed by atoms with Crippen LogP contribution in [0.5, 0.6) is 0 Å². The van der Waals surface area contributed by atoms with Gasteiger partial charge in [-0.2, -0.15) is 0 Å². The van der Waals surface area contributed by atoms with Crippen LogP contribution in [0.1, 0.15) is 0 Å². The van der Waals surface area contributed by atoms with Gasteiger partial charge in [0, 0.05) is 36.7 Å². The van der Waals surface area contributed by atoms with E-state index in [1.54, 1.807) is 0 Å². The fourth-order valence-electron chi connectivity index (χ4n) is 8.43. The summed E-state index contributed by atoms with van der Waals surface area (Å²) >= 11 is 1.86. The third kappa shape index (κ3) is 5.71. The lowest BCUT2D eigenvalue weighted by Gasteiger charge is -2.30. The van der Waals surface area contributed by atoms with Gasteiger partial charge in [0.05, 0.1) is 22.4 Å². The number of rotatable bonds is 7. The summed E-state index contributed by atoms with van der Waals surface area (Å²) in [5, 5.41) is 4.64.